The second kappa shape index (κ2) is 11.0. The Bertz CT molecular complexity index is 1330. The monoisotopic (exact) mass is 498 g/mol. The maximum absolute atomic E-state index is 12.4. The van der Waals surface area contributed by atoms with E-state index in [0.29, 0.717) is 27.5 Å². The van der Waals surface area contributed by atoms with E-state index in [1.807, 2.05) is 6.07 Å². The third-order valence-corrected chi connectivity index (χ3v) is 6.08. The quantitative estimate of drug-likeness (QED) is 0.362. The van der Waals surface area contributed by atoms with Crippen LogP contribution in [-0.4, -0.2) is 38.7 Å². The third-order valence-electron chi connectivity index (χ3n) is 4.71. The van der Waals surface area contributed by atoms with Crippen LogP contribution in [0.4, 0.5) is 11.4 Å². The lowest BCUT2D eigenvalue weighted by molar-refractivity contribution is -0.119. The highest BCUT2D eigenvalue weighted by Gasteiger charge is 2.21. The number of hydrazone groups is 1. The van der Waals surface area contributed by atoms with Crippen LogP contribution in [0.25, 0.3) is 0 Å². The number of rotatable bonds is 8. The van der Waals surface area contributed by atoms with E-state index in [4.69, 9.17) is 11.6 Å². The molecule has 176 valence electrons. The Balaban J connectivity index is 1.68. The van der Waals surface area contributed by atoms with E-state index in [0.717, 1.165) is 10.6 Å². The zero-order chi connectivity index (χ0) is 24.7. The number of nitrogens with zero attached hydrogens (tertiary/aromatic N) is 2. The zero-order valence-corrected chi connectivity index (χ0v) is 20.1. The van der Waals surface area contributed by atoms with Gasteiger partial charge in [-0.05, 0) is 55.0 Å². The minimum atomic E-state index is -3.74. The van der Waals surface area contributed by atoms with Crippen LogP contribution in [0.5, 0.6) is 0 Å². The molecule has 8 nitrogen and oxygen atoms in total. The first-order chi connectivity index (χ1) is 16.1. The molecule has 0 fully saturated rings. The van der Waals surface area contributed by atoms with Crippen molar-refractivity contribution in [3.63, 3.8) is 0 Å². The maximum atomic E-state index is 12.4. The summed E-state index contributed by atoms with van der Waals surface area (Å²) in [6, 6.07) is 22.0. The lowest BCUT2D eigenvalue weighted by Gasteiger charge is -2.21. The molecule has 0 aliphatic carbocycles. The summed E-state index contributed by atoms with van der Waals surface area (Å²) >= 11 is 5.96. The third kappa shape index (κ3) is 6.90. The highest BCUT2D eigenvalue weighted by atomic mass is 35.5. The summed E-state index contributed by atoms with van der Waals surface area (Å²) in [5.41, 5.74) is 4.88. The maximum Gasteiger partial charge on any atom is 0.260 e. The van der Waals surface area contributed by atoms with Gasteiger partial charge in [-0.15, -0.1) is 0 Å². The van der Waals surface area contributed by atoms with Crippen LogP contribution in [0.15, 0.2) is 84.0 Å². The van der Waals surface area contributed by atoms with E-state index in [-0.39, 0.29) is 11.6 Å². The van der Waals surface area contributed by atoms with Crippen molar-refractivity contribution in [1.82, 2.24) is 5.43 Å². The second-order valence-corrected chi connectivity index (χ2v) is 9.73. The van der Waals surface area contributed by atoms with Gasteiger partial charge in [0.05, 0.1) is 17.7 Å². The average Bonchev–Trinajstić information content (AvgIpc) is 2.81. The largest absolute Gasteiger partial charge is 0.322 e. The smallest absolute Gasteiger partial charge is 0.260 e. The number of hydrogen-bond donors (Lipinski definition) is 2. The topological polar surface area (TPSA) is 108 Å². The molecule has 0 spiro atoms. The number of hydrogen-bond acceptors (Lipinski definition) is 5. The molecular formula is C24H23ClN4O4S. The number of carbonyl (C=O) groups is 2. The predicted molar refractivity (Wildman–Crippen MR) is 135 cm³/mol. The normalized spacial score (nSPS) is 11.6. The van der Waals surface area contributed by atoms with E-state index in [1.165, 1.54) is 6.07 Å². The van der Waals surface area contributed by atoms with Gasteiger partial charge >= 0.3 is 0 Å². The van der Waals surface area contributed by atoms with Crippen LogP contribution in [0.2, 0.25) is 5.02 Å². The predicted octanol–water partition coefficient (Wildman–Crippen LogP) is 3.90. The number of nitrogens with one attached hydrogen (secondary N) is 2. The van der Waals surface area contributed by atoms with Crippen LogP contribution < -0.4 is 15.0 Å². The number of benzene rings is 3. The zero-order valence-electron chi connectivity index (χ0n) is 18.5. The fraction of sp³-hybridized carbons (Fsp3) is 0.125. The van der Waals surface area contributed by atoms with Gasteiger partial charge in [-0.2, -0.15) is 5.10 Å². The van der Waals surface area contributed by atoms with Crippen molar-refractivity contribution in [3.05, 3.63) is 95.0 Å². The molecule has 0 aliphatic heterocycles. The Morgan fingerprint density at radius 1 is 0.941 bits per heavy atom. The number of halogens is 1. The Morgan fingerprint density at radius 3 is 2.29 bits per heavy atom. The summed E-state index contributed by atoms with van der Waals surface area (Å²) < 4.78 is 25.3. The number of carbonyl (C=O) groups excluding carboxylic acids is 2. The van der Waals surface area contributed by atoms with Crippen LogP contribution in [-0.2, 0) is 14.8 Å². The van der Waals surface area contributed by atoms with Crippen molar-refractivity contribution < 1.29 is 18.0 Å². The van der Waals surface area contributed by atoms with Crippen molar-refractivity contribution >= 4 is 50.5 Å². The number of sulfonamides is 1. The van der Waals surface area contributed by atoms with E-state index in [9.17, 15) is 18.0 Å². The molecule has 3 aromatic rings. The molecule has 0 aromatic heterocycles. The van der Waals surface area contributed by atoms with Gasteiger partial charge in [0.15, 0.2) is 0 Å². The van der Waals surface area contributed by atoms with Crippen molar-refractivity contribution in [2.24, 2.45) is 5.10 Å². The molecular weight excluding hydrogens is 476 g/mol. The van der Waals surface area contributed by atoms with Crippen LogP contribution in [0.1, 0.15) is 22.8 Å². The van der Waals surface area contributed by atoms with Crippen LogP contribution in [0.3, 0.4) is 0 Å². The first kappa shape index (κ1) is 24.9. The van der Waals surface area contributed by atoms with E-state index < -0.39 is 22.5 Å². The summed E-state index contributed by atoms with van der Waals surface area (Å²) in [7, 11) is -3.74. The fourth-order valence-electron chi connectivity index (χ4n) is 3.02. The van der Waals surface area contributed by atoms with Crippen molar-refractivity contribution in [3.8, 4) is 0 Å². The SMILES string of the molecule is C/C(=N/NC(=O)CN(c1cccc(Cl)c1)S(C)(=O)=O)c1cccc(NC(=O)c2ccccc2)c1. The molecule has 0 bridgehead atoms. The highest BCUT2D eigenvalue weighted by molar-refractivity contribution is 7.92. The molecule has 0 atom stereocenters. The Kier molecular flexibility index (Phi) is 8.04. The fourth-order valence-corrected chi connectivity index (χ4v) is 4.06. The van der Waals surface area contributed by atoms with Gasteiger partial charge in [0.25, 0.3) is 11.8 Å². The van der Waals surface area contributed by atoms with Gasteiger partial charge in [-0.25, -0.2) is 13.8 Å². The van der Waals surface area contributed by atoms with Crippen molar-refractivity contribution in [2.45, 2.75) is 6.92 Å². The van der Waals surface area contributed by atoms with Crippen molar-refractivity contribution in [2.75, 3.05) is 22.4 Å². The molecule has 2 N–H and O–H groups in total. The lowest BCUT2D eigenvalue weighted by atomic mass is 10.1. The summed E-state index contributed by atoms with van der Waals surface area (Å²) in [4.78, 5) is 24.8. The molecule has 34 heavy (non-hydrogen) atoms. The van der Waals surface area contributed by atoms with Crippen LogP contribution in [0, 0.1) is 0 Å². The lowest BCUT2D eigenvalue weighted by Crippen LogP contribution is -2.39. The van der Waals surface area contributed by atoms with Crippen molar-refractivity contribution in [1.29, 1.82) is 0 Å². The van der Waals surface area contributed by atoms with Gasteiger partial charge in [0, 0.05) is 16.3 Å². The molecule has 0 saturated heterocycles. The van der Waals surface area contributed by atoms with Gasteiger partial charge in [0.2, 0.25) is 10.0 Å². The summed E-state index contributed by atoms with van der Waals surface area (Å²) in [5.74, 6) is -0.874. The first-order valence-electron chi connectivity index (χ1n) is 10.2. The van der Waals surface area contributed by atoms with E-state index >= 15 is 0 Å². The molecule has 0 unspecified atom stereocenters. The summed E-state index contributed by atoms with van der Waals surface area (Å²) in [5, 5.41) is 7.24. The second-order valence-electron chi connectivity index (χ2n) is 7.38. The minimum Gasteiger partial charge on any atom is -0.322 e. The van der Waals surface area contributed by atoms with Gasteiger partial charge in [-0.1, -0.05) is 48.0 Å². The highest BCUT2D eigenvalue weighted by Crippen LogP contribution is 2.21. The summed E-state index contributed by atoms with van der Waals surface area (Å²) in [6.45, 7) is 1.22. The van der Waals surface area contributed by atoms with Crippen LogP contribution >= 0.6 is 11.6 Å². The molecule has 0 radical (unpaired) electrons. The number of amides is 2. The molecule has 0 saturated carbocycles. The van der Waals surface area contributed by atoms with Gasteiger partial charge in [-0.3, -0.25) is 13.9 Å². The number of anilines is 2. The molecule has 0 heterocycles. The molecule has 10 heteroatoms. The summed E-state index contributed by atoms with van der Waals surface area (Å²) in [6.07, 6.45) is 1.00. The molecule has 2 amide bonds. The standard InChI is InChI=1S/C24H23ClN4O4S/c1-17(19-10-6-12-21(14-19)26-24(31)18-8-4-3-5-9-18)27-28-23(30)16-29(34(2,32)33)22-13-7-11-20(25)15-22/h3-15H,16H2,1-2H3,(H,26,31)(H,28,30)/b27-17-. The Labute approximate surface area is 203 Å². The van der Waals surface area contributed by atoms with Gasteiger partial charge < -0.3 is 5.32 Å². The van der Waals surface area contributed by atoms with E-state index in [2.05, 4.69) is 15.8 Å². The average molecular weight is 499 g/mol. The van der Waals surface area contributed by atoms with E-state index in [1.54, 1.807) is 73.7 Å². The Hall–Kier alpha value is -3.69. The molecule has 0 aliphatic rings. The van der Waals surface area contributed by atoms with Gasteiger partial charge in [0.1, 0.15) is 6.54 Å². The Morgan fingerprint density at radius 2 is 1.62 bits per heavy atom. The minimum absolute atomic E-state index is 0.248. The first-order valence-corrected chi connectivity index (χ1v) is 12.4. The molecule has 3 rings (SSSR count). The molecule has 3 aromatic carbocycles.